The third-order valence-electron chi connectivity index (χ3n) is 6.48. The van der Waals surface area contributed by atoms with E-state index in [0.29, 0.717) is 51.1 Å². The van der Waals surface area contributed by atoms with E-state index in [1.54, 1.807) is 49.5 Å². The summed E-state index contributed by atoms with van der Waals surface area (Å²) in [5.41, 5.74) is 1.56. The minimum atomic E-state index is -0.565. The van der Waals surface area contributed by atoms with Crippen molar-refractivity contribution >= 4 is 50.6 Å². The standard InChI is InChI=1S/C27H23FN4O4S/c1-15-18(9-10-20(22(15)28)36-17-7-3-2-4-8-17)32-19-11-12-29-26-21(19)23(31-27(32)34)24(37-26)25(33)30-16-6-5-13-35-14-16/h2-4,7-12,16H,5-6,13-14H2,1H3,(H,30,33)(H,31,34). The molecule has 37 heavy (non-hydrogen) atoms. The van der Waals surface area contributed by atoms with Crippen LogP contribution in [-0.2, 0) is 4.74 Å². The average Bonchev–Trinajstić information content (AvgIpc) is 3.28. The van der Waals surface area contributed by atoms with Crippen LogP contribution in [0.25, 0.3) is 10.2 Å². The van der Waals surface area contributed by atoms with Gasteiger partial charge in [-0.3, -0.25) is 9.69 Å². The highest BCUT2D eigenvalue weighted by molar-refractivity contribution is 7.21. The van der Waals surface area contributed by atoms with Crippen LogP contribution in [-0.4, -0.2) is 36.2 Å². The molecule has 0 bridgehead atoms. The number of anilines is 3. The minimum Gasteiger partial charge on any atom is -0.454 e. The zero-order chi connectivity index (χ0) is 25.5. The zero-order valence-corrected chi connectivity index (χ0v) is 20.7. The van der Waals surface area contributed by atoms with Crippen molar-refractivity contribution in [3.63, 3.8) is 0 Å². The first kappa shape index (κ1) is 23.4. The molecule has 4 aromatic rings. The lowest BCUT2D eigenvalue weighted by Gasteiger charge is -2.30. The number of amides is 3. The highest BCUT2D eigenvalue weighted by Gasteiger charge is 2.34. The molecule has 2 aromatic heterocycles. The first-order valence-corrected chi connectivity index (χ1v) is 12.8. The van der Waals surface area contributed by atoms with Crippen molar-refractivity contribution in [2.45, 2.75) is 25.8 Å². The van der Waals surface area contributed by atoms with Crippen LogP contribution in [0, 0.1) is 12.7 Å². The highest BCUT2D eigenvalue weighted by Crippen LogP contribution is 2.47. The molecule has 1 atom stereocenters. The van der Waals surface area contributed by atoms with Crippen LogP contribution in [0.4, 0.5) is 26.2 Å². The Bertz CT molecular complexity index is 1520. The molecule has 2 aromatic carbocycles. The van der Waals surface area contributed by atoms with Crippen molar-refractivity contribution in [2.75, 3.05) is 23.4 Å². The van der Waals surface area contributed by atoms with Gasteiger partial charge in [-0.1, -0.05) is 18.2 Å². The van der Waals surface area contributed by atoms with Crippen molar-refractivity contribution in [2.24, 2.45) is 0 Å². The molecule has 10 heteroatoms. The number of aromatic nitrogens is 1. The number of benzene rings is 2. The quantitative estimate of drug-likeness (QED) is 0.332. The second kappa shape index (κ2) is 9.45. The summed E-state index contributed by atoms with van der Waals surface area (Å²) < 4.78 is 26.6. The number of nitrogens with zero attached hydrogens (tertiary/aromatic N) is 2. The monoisotopic (exact) mass is 518 g/mol. The third-order valence-corrected chi connectivity index (χ3v) is 7.58. The van der Waals surface area contributed by atoms with Crippen molar-refractivity contribution in [3.8, 4) is 11.5 Å². The second-order valence-electron chi connectivity index (χ2n) is 8.91. The first-order chi connectivity index (χ1) is 18.0. The Labute approximate surface area is 216 Å². The molecular weight excluding hydrogens is 495 g/mol. The Balaban J connectivity index is 1.37. The van der Waals surface area contributed by atoms with Crippen molar-refractivity contribution in [1.29, 1.82) is 0 Å². The van der Waals surface area contributed by atoms with Crippen molar-refractivity contribution in [3.05, 3.63) is 71.0 Å². The summed E-state index contributed by atoms with van der Waals surface area (Å²) in [7, 11) is 0. The summed E-state index contributed by atoms with van der Waals surface area (Å²) in [6, 6.07) is 13.2. The van der Waals surface area contributed by atoms with Crippen LogP contribution < -0.4 is 20.3 Å². The van der Waals surface area contributed by atoms with Gasteiger partial charge in [0.1, 0.15) is 15.5 Å². The third kappa shape index (κ3) is 4.17. The Morgan fingerprint density at radius 1 is 1.22 bits per heavy atom. The van der Waals surface area contributed by atoms with Gasteiger partial charge in [0.2, 0.25) is 0 Å². The molecule has 0 aliphatic carbocycles. The van der Waals surface area contributed by atoms with E-state index in [-0.39, 0.29) is 23.3 Å². The van der Waals surface area contributed by atoms with Gasteiger partial charge in [-0.2, -0.15) is 0 Å². The van der Waals surface area contributed by atoms with Gasteiger partial charge in [-0.05, 0) is 50.1 Å². The molecule has 1 saturated heterocycles. The van der Waals surface area contributed by atoms with E-state index in [9.17, 15) is 9.59 Å². The predicted molar refractivity (Wildman–Crippen MR) is 140 cm³/mol. The van der Waals surface area contributed by atoms with Crippen LogP contribution in [0.2, 0.25) is 0 Å². The van der Waals surface area contributed by atoms with Gasteiger partial charge in [0.05, 0.1) is 35.1 Å². The number of pyridine rings is 1. The first-order valence-electron chi connectivity index (χ1n) is 11.9. The Hall–Kier alpha value is -4.02. The molecule has 6 rings (SSSR count). The molecule has 4 heterocycles. The second-order valence-corrected chi connectivity index (χ2v) is 9.91. The predicted octanol–water partition coefficient (Wildman–Crippen LogP) is 6.13. The minimum absolute atomic E-state index is 0.0617. The SMILES string of the molecule is Cc1c(N2C(=O)Nc3c(C(=O)NC4CCCOC4)sc4nccc2c34)ccc(Oc2ccccc2)c1F. The zero-order valence-electron chi connectivity index (χ0n) is 19.9. The number of carbonyl (C=O) groups excluding carboxylic acids is 2. The van der Waals surface area contributed by atoms with E-state index in [1.807, 2.05) is 6.07 Å². The average molecular weight is 519 g/mol. The van der Waals surface area contributed by atoms with E-state index in [4.69, 9.17) is 9.47 Å². The lowest BCUT2D eigenvalue weighted by atomic mass is 10.1. The summed E-state index contributed by atoms with van der Waals surface area (Å²) in [6.07, 6.45) is 3.30. The molecule has 0 saturated carbocycles. The summed E-state index contributed by atoms with van der Waals surface area (Å²) in [5.74, 6) is -0.275. The number of urea groups is 1. The molecule has 1 fully saturated rings. The van der Waals surface area contributed by atoms with E-state index < -0.39 is 11.8 Å². The molecule has 8 nitrogen and oxygen atoms in total. The normalized spacial score (nSPS) is 17.0. The molecule has 188 valence electrons. The van der Waals surface area contributed by atoms with Gasteiger partial charge in [-0.15, -0.1) is 11.3 Å². The number of carbonyl (C=O) groups is 2. The maximum atomic E-state index is 15.4. The fraction of sp³-hybridized carbons (Fsp3) is 0.222. The molecule has 1 unspecified atom stereocenters. The van der Waals surface area contributed by atoms with Gasteiger partial charge in [0.15, 0.2) is 11.6 Å². The number of hydrogen-bond acceptors (Lipinski definition) is 6. The molecule has 0 radical (unpaired) electrons. The number of hydrogen-bond donors (Lipinski definition) is 2. The Morgan fingerprint density at radius 3 is 2.84 bits per heavy atom. The fourth-order valence-corrected chi connectivity index (χ4v) is 5.70. The molecule has 0 spiro atoms. The largest absolute Gasteiger partial charge is 0.454 e. The van der Waals surface area contributed by atoms with E-state index in [2.05, 4.69) is 15.6 Å². The molecular formula is C27H23FN4O4S. The fourth-order valence-electron chi connectivity index (χ4n) is 4.68. The van der Waals surface area contributed by atoms with Gasteiger partial charge in [0.25, 0.3) is 5.91 Å². The Morgan fingerprint density at radius 2 is 2.05 bits per heavy atom. The lowest BCUT2D eigenvalue weighted by molar-refractivity contribution is 0.0626. The number of nitrogens with one attached hydrogen (secondary N) is 2. The number of para-hydroxylation sites is 1. The highest BCUT2D eigenvalue weighted by atomic mass is 32.1. The summed E-state index contributed by atoms with van der Waals surface area (Å²) in [6.45, 7) is 2.76. The van der Waals surface area contributed by atoms with E-state index in [1.165, 1.54) is 22.3 Å². The summed E-state index contributed by atoms with van der Waals surface area (Å²) in [5, 5.41) is 6.50. The van der Waals surface area contributed by atoms with Crippen molar-refractivity contribution in [1.82, 2.24) is 10.3 Å². The van der Waals surface area contributed by atoms with E-state index in [0.717, 1.165) is 12.8 Å². The number of ether oxygens (including phenoxy) is 2. The van der Waals surface area contributed by atoms with E-state index >= 15 is 4.39 Å². The van der Waals surface area contributed by atoms with Crippen LogP contribution >= 0.6 is 11.3 Å². The maximum absolute atomic E-state index is 15.4. The molecule has 3 amide bonds. The number of rotatable bonds is 5. The van der Waals surface area contributed by atoms with Crippen LogP contribution in [0.15, 0.2) is 54.7 Å². The number of thiophene rings is 1. The molecule has 2 aliphatic heterocycles. The lowest BCUT2D eigenvalue weighted by Crippen LogP contribution is -2.41. The topological polar surface area (TPSA) is 92.8 Å². The molecule has 2 aliphatic rings. The van der Waals surface area contributed by atoms with Crippen LogP contribution in [0.5, 0.6) is 11.5 Å². The van der Waals surface area contributed by atoms with Gasteiger partial charge in [0, 0.05) is 18.4 Å². The van der Waals surface area contributed by atoms with Gasteiger partial charge in [-0.25, -0.2) is 14.2 Å². The van der Waals surface area contributed by atoms with Crippen LogP contribution in [0.3, 0.4) is 0 Å². The smallest absolute Gasteiger partial charge is 0.331 e. The molecule has 2 N–H and O–H groups in total. The summed E-state index contributed by atoms with van der Waals surface area (Å²) in [4.78, 5) is 33.3. The summed E-state index contributed by atoms with van der Waals surface area (Å²) >= 11 is 1.21. The van der Waals surface area contributed by atoms with Gasteiger partial charge < -0.3 is 20.1 Å². The van der Waals surface area contributed by atoms with Gasteiger partial charge >= 0.3 is 6.03 Å². The Kier molecular flexibility index (Phi) is 5.97. The maximum Gasteiger partial charge on any atom is 0.331 e. The number of halogens is 1. The van der Waals surface area contributed by atoms with Crippen LogP contribution in [0.1, 0.15) is 28.1 Å². The van der Waals surface area contributed by atoms with Crippen molar-refractivity contribution < 1.29 is 23.5 Å².